The molecule has 2 heterocycles. The lowest BCUT2D eigenvalue weighted by Gasteiger charge is -2.38. The van der Waals surface area contributed by atoms with Crippen LogP contribution < -0.4 is 5.32 Å². The number of fused-ring (bicyclic) bond motifs is 2. The maximum atomic E-state index is 13.8. The van der Waals surface area contributed by atoms with E-state index in [2.05, 4.69) is 17.3 Å². The third-order valence-corrected chi connectivity index (χ3v) is 5.02. The molecule has 2 aliphatic rings. The van der Waals surface area contributed by atoms with E-state index in [-0.39, 0.29) is 11.6 Å². The first-order valence-electron chi connectivity index (χ1n) is 7.48. The normalized spacial score (nSPS) is 31.5. The van der Waals surface area contributed by atoms with Gasteiger partial charge in [0, 0.05) is 29.7 Å². The van der Waals surface area contributed by atoms with Crippen molar-refractivity contribution in [3.05, 3.63) is 35.4 Å². The summed E-state index contributed by atoms with van der Waals surface area (Å²) in [6.07, 6.45) is 4.66. The maximum Gasteiger partial charge on any atom is 0.130 e. The van der Waals surface area contributed by atoms with E-state index in [1.807, 2.05) is 6.92 Å². The molecule has 2 bridgehead atoms. The van der Waals surface area contributed by atoms with Crippen LogP contribution in [0.5, 0.6) is 0 Å². The van der Waals surface area contributed by atoms with Crippen molar-refractivity contribution in [2.24, 2.45) is 0 Å². The Morgan fingerprint density at radius 2 is 1.70 bits per heavy atom. The second-order valence-corrected chi connectivity index (χ2v) is 6.24. The quantitative estimate of drug-likeness (QED) is 0.914. The van der Waals surface area contributed by atoms with Gasteiger partial charge in [-0.1, -0.05) is 6.07 Å². The summed E-state index contributed by atoms with van der Waals surface area (Å²) in [6.45, 7) is 1.85. The lowest BCUT2D eigenvalue weighted by molar-refractivity contribution is 0.143. The predicted octanol–water partition coefficient (Wildman–Crippen LogP) is 3.24. The summed E-state index contributed by atoms with van der Waals surface area (Å²) in [5.74, 6) is -0.915. The van der Waals surface area contributed by atoms with Gasteiger partial charge in [0.05, 0.1) is 0 Å². The maximum absolute atomic E-state index is 13.8. The second kappa shape index (κ2) is 5.41. The van der Waals surface area contributed by atoms with Crippen molar-refractivity contribution in [1.29, 1.82) is 0 Å². The monoisotopic (exact) mass is 280 g/mol. The van der Waals surface area contributed by atoms with E-state index in [0.717, 1.165) is 12.8 Å². The predicted molar refractivity (Wildman–Crippen MR) is 75.5 cm³/mol. The summed E-state index contributed by atoms with van der Waals surface area (Å²) in [7, 11) is 2.19. The first-order valence-corrected chi connectivity index (χ1v) is 7.48. The van der Waals surface area contributed by atoms with E-state index in [9.17, 15) is 8.78 Å². The Balaban J connectivity index is 1.69. The molecule has 0 aliphatic carbocycles. The van der Waals surface area contributed by atoms with E-state index in [1.165, 1.54) is 31.0 Å². The summed E-state index contributed by atoms with van der Waals surface area (Å²) in [5.41, 5.74) is 0.166. The molecule has 3 atom stereocenters. The highest BCUT2D eigenvalue weighted by molar-refractivity contribution is 5.23. The van der Waals surface area contributed by atoms with Crippen LogP contribution in [0.25, 0.3) is 0 Å². The lowest BCUT2D eigenvalue weighted by atomic mass is 9.96. The zero-order valence-electron chi connectivity index (χ0n) is 12.1. The zero-order chi connectivity index (χ0) is 14.3. The molecule has 0 amide bonds. The Morgan fingerprint density at radius 1 is 1.15 bits per heavy atom. The molecule has 2 fully saturated rings. The fourth-order valence-corrected chi connectivity index (χ4v) is 3.91. The van der Waals surface area contributed by atoms with Crippen molar-refractivity contribution in [3.63, 3.8) is 0 Å². The van der Waals surface area contributed by atoms with Crippen molar-refractivity contribution in [2.45, 2.75) is 56.8 Å². The Bertz CT molecular complexity index is 457. The molecule has 1 N–H and O–H groups in total. The number of nitrogens with zero attached hydrogens (tertiary/aromatic N) is 1. The minimum absolute atomic E-state index is 0.166. The highest BCUT2D eigenvalue weighted by Crippen LogP contribution is 2.35. The molecule has 0 spiro atoms. The molecule has 0 aromatic heterocycles. The molecule has 2 nitrogen and oxygen atoms in total. The third kappa shape index (κ3) is 2.47. The van der Waals surface area contributed by atoms with Crippen LogP contribution in [-0.4, -0.2) is 30.1 Å². The summed E-state index contributed by atoms with van der Waals surface area (Å²) in [5, 5.41) is 3.43. The summed E-state index contributed by atoms with van der Waals surface area (Å²) in [4.78, 5) is 2.46. The molecule has 1 aromatic rings. The molecule has 3 unspecified atom stereocenters. The SMILES string of the molecule is CC(NC1CC2CCC(C1)N2C)c1c(F)cccc1F. The van der Waals surface area contributed by atoms with Crippen LogP contribution in [0.15, 0.2) is 18.2 Å². The average molecular weight is 280 g/mol. The molecule has 2 saturated heterocycles. The first kappa shape index (κ1) is 14.0. The van der Waals surface area contributed by atoms with Crippen LogP contribution in [-0.2, 0) is 0 Å². The van der Waals surface area contributed by atoms with Gasteiger partial charge in [0.1, 0.15) is 11.6 Å². The fourth-order valence-electron chi connectivity index (χ4n) is 3.91. The molecule has 2 aliphatic heterocycles. The van der Waals surface area contributed by atoms with Gasteiger partial charge in [-0.2, -0.15) is 0 Å². The number of benzene rings is 1. The van der Waals surface area contributed by atoms with Crippen molar-refractivity contribution in [2.75, 3.05) is 7.05 Å². The van der Waals surface area contributed by atoms with E-state index < -0.39 is 11.6 Å². The lowest BCUT2D eigenvalue weighted by Crippen LogP contribution is -2.47. The van der Waals surface area contributed by atoms with Crippen molar-refractivity contribution < 1.29 is 8.78 Å². The molecule has 3 rings (SSSR count). The second-order valence-electron chi connectivity index (χ2n) is 6.24. The fraction of sp³-hybridized carbons (Fsp3) is 0.625. The molecule has 0 radical (unpaired) electrons. The van der Waals surface area contributed by atoms with Crippen LogP contribution in [0.1, 0.15) is 44.2 Å². The molecule has 1 aromatic carbocycles. The van der Waals surface area contributed by atoms with Crippen LogP contribution >= 0.6 is 0 Å². The topological polar surface area (TPSA) is 15.3 Å². The molecule has 4 heteroatoms. The molecular formula is C16H22F2N2. The minimum atomic E-state index is -0.458. The van der Waals surface area contributed by atoms with Crippen molar-refractivity contribution in [3.8, 4) is 0 Å². The van der Waals surface area contributed by atoms with Crippen LogP contribution in [0.3, 0.4) is 0 Å². The number of nitrogens with one attached hydrogen (secondary N) is 1. The van der Waals surface area contributed by atoms with Gasteiger partial charge in [0.25, 0.3) is 0 Å². The van der Waals surface area contributed by atoms with Crippen LogP contribution in [0, 0.1) is 11.6 Å². The van der Waals surface area contributed by atoms with E-state index in [0.29, 0.717) is 18.1 Å². The van der Waals surface area contributed by atoms with Gasteiger partial charge in [-0.15, -0.1) is 0 Å². The van der Waals surface area contributed by atoms with Gasteiger partial charge in [0.15, 0.2) is 0 Å². The number of piperidine rings is 1. The van der Waals surface area contributed by atoms with Crippen molar-refractivity contribution >= 4 is 0 Å². The van der Waals surface area contributed by atoms with Gasteiger partial charge < -0.3 is 10.2 Å². The van der Waals surface area contributed by atoms with Crippen LogP contribution in [0.2, 0.25) is 0 Å². The van der Waals surface area contributed by atoms with Crippen LogP contribution in [0.4, 0.5) is 8.78 Å². The number of hydrogen-bond acceptors (Lipinski definition) is 2. The molecule has 0 saturated carbocycles. The van der Waals surface area contributed by atoms with Gasteiger partial charge >= 0.3 is 0 Å². The summed E-state index contributed by atoms with van der Waals surface area (Å²) < 4.78 is 27.6. The van der Waals surface area contributed by atoms with E-state index >= 15 is 0 Å². The van der Waals surface area contributed by atoms with E-state index in [4.69, 9.17) is 0 Å². The van der Waals surface area contributed by atoms with Crippen molar-refractivity contribution in [1.82, 2.24) is 10.2 Å². The first-order chi connectivity index (χ1) is 9.56. The Kier molecular flexibility index (Phi) is 3.78. The molecule has 110 valence electrons. The van der Waals surface area contributed by atoms with E-state index in [1.54, 1.807) is 0 Å². The number of halogens is 2. The largest absolute Gasteiger partial charge is 0.307 e. The number of hydrogen-bond donors (Lipinski definition) is 1. The summed E-state index contributed by atoms with van der Waals surface area (Å²) >= 11 is 0. The average Bonchev–Trinajstić information content (AvgIpc) is 2.62. The third-order valence-electron chi connectivity index (χ3n) is 5.02. The van der Waals surface area contributed by atoms with Gasteiger partial charge in [0.2, 0.25) is 0 Å². The minimum Gasteiger partial charge on any atom is -0.307 e. The zero-order valence-corrected chi connectivity index (χ0v) is 12.1. The Labute approximate surface area is 119 Å². The highest BCUT2D eigenvalue weighted by atomic mass is 19.1. The number of rotatable bonds is 3. The standard InChI is InChI=1S/C16H22F2N2/c1-10(16-14(17)4-3-5-15(16)18)19-11-8-12-6-7-13(9-11)20(12)2/h3-5,10-13,19H,6-9H2,1-2H3. The van der Waals surface area contributed by atoms with Gasteiger partial charge in [-0.3, -0.25) is 0 Å². The molecule has 20 heavy (non-hydrogen) atoms. The van der Waals surface area contributed by atoms with Gasteiger partial charge in [-0.05, 0) is 51.8 Å². The smallest absolute Gasteiger partial charge is 0.130 e. The molecular weight excluding hydrogens is 258 g/mol. The highest BCUT2D eigenvalue weighted by Gasteiger charge is 2.38. The summed E-state index contributed by atoms with van der Waals surface area (Å²) in [6, 6.07) is 5.40. The Morgan fingerprint density at radius 3 is 2.25 bits per heavy atom. The Hall–Kier alpha value is -1.00. The van der Waals surface area contributed by atoms with Gasteiger partial charge in [-0.25, -0.2) is 8.78 Å².